The summed E-state index contributed by atoms with van der Waals surface area (Å²) in [5, 5.41) is 3.20. The maximum Gasteiger partial charge on any atom is 0.242 e. The van der Waals surface area contributed by atoms with Crippen LogP contribution in [0.25, 0.3) is 0 Å². The molecule has 2 rings (SSSR count). The Labute approximate surface area is 170 Å². The van der Waals surface area contributed by atoms with Crippen molar-refractivity contribution in [3.63, 3.8) is 0 Å². The van der Waals surface area contributed by atoms with Crippen LogP contribution < -0.4 is 5.32 Å². The normalized spacial score (nSPS) is 12.4. The second kappa shape index (κ2) is 11.6. The number of rotatable bonds is 11. The van der Waals surface area contributed by atoms with Crippen LogP contribution in [0.4, 0.5) is 0 Å². The third kappa shape index (κ3) is 5.91. The smallest absolute Gasteiger partial charge is 0.242 e. The van der Waals surface area contributed by atoms with E-state index in [1.807, 2.05) is 36.4 Å². The molecule has 0 aromatic heterocycles. The van der Waals surface area contributed by atoms with Gasteiger partial charge in [0.05, 0.1) is 0 Å². The van der Waals surface area contributed by atoms with Crippen molar-refractivity contribution in [3.05, 3.63) is 71.3 Å². The summed E-state index contributed by atoms with van der Waals surface area (Å²) in [6.45, 7) is 13.8. The van der Waals surface area contributed by atoms with Crippen molar-refractivity contribution in [2.24, 2.45) is 0 Å². The fourth-order valence-electron chi connectivity index (χ4n) is 3.60. The van der Waals surface area contributed by atoms with E-state index in [-0.39, 0.29) is 11.9 Å². The van der Waals surface area contributed by atoms with Gasteiger partial charge < -0.3 is 5.32 Å². The molecule has 0 aliphatic rings. The first kappa shape index (κ1) is 22.1. The van der Waals surface area contributed by atoms with Gasteiger partial charge in [0.2, 0.25) is 5.91 Å². The first-order valence-corrected chi connectivity index (χ1v) is 10.5. The van der Waals surface area contributed by atoms with E-state index in [1.165, 1.54) is 11.1 Å². The number of likely N-dealkylation sites (N-methyl/N-ethyl adjacent to an activating group) is 1. The van der Waals surface area contributed by atoms with E-state index in [0.717, 1.165) is 38.3 Å². The van der Waals surface area contributed by atoms with Gasteiger partial charge in [0.1, 0.15) is 6.04 Å². The molecule has 0 fully saturated rings. The summed E-state index contributed by atoms with van der Waals surface area (Å²) in [5.74, 6) is 0.0625. The summed E-state index contributed by atoms with van der Waals surface area (Å²) in [5.41, 5.74) is 3.51. The summed E-state index contributed by atoms with van der Waals surface area (Å²) >= 11 is 0. The number of benzene rings is 2. The van der Waals surface area contributed by atoms with Crippen molar-refractivity contribution in [1.29, 1.82) is 0 Å². The van der Waals surface area contributed by atoms with Crippen molar-refractivity contribution in [1.82, 2.24) is 15.1 Å². The van der Waals surface area contributed by atoms with Gasteiger partial charge in [0.25, 0.3) is 0 Å². The summed E-state index contributed by atoms with van der Waals surface area (Å²) in [7, 11) is 0. The quantitative estimate of drug-likeness (QED) is 0.633. The Hall–Kier alpha value is -2.17. The molecule has 1 unspecified atom stereocenters. The first-order chi connectivity index (χ1) is 13.6. The molecular weight excluding hydrogens is 346 g/mol. The summed E-state index contributed by atoms with van der Waals surface area (Å²) < 4.78 is 0. The molecule has 152 valence electrons. The lowest BCUT2D eigenvalue weighted by molar-refractivity contribution is -0.126. The molecule has 4 nitrogen and oxygen atoms in total. The summed E-state index contributed by atoms with van der Waals surface area (Å²) in [6, 6.07) is 18.2. The lowest BCUT2D eigenvalue weighted by Gasteiger charge is -2.29. The minimum atomic E-state index is -0.258. The van der Waals surface area contributed by atoms with E-state index in [2.05, 4.69) is 61.0 Å². The molecule has 0 radical (unpaired) electrons. The zero-order valence-electron chi connectivity index (χ0n) is 17.8. The highest BCUT2D eigenvalue weighted by atomic mass is 16.2. The minimum Gasteiger partial charge on any atom is -0.350 e. The van der Waals surface area contributed by atoms with Crippen LogP contribution in [0.3, 0.4) is 0 Å². The van der Waals surface area contributed by atoms with E-state index < -0.39 is 0 Å². The number of hydrogen-bond acceptors (Lipinski definition) is 3. The highest BCUT2D eigenvalue weighted by molar-refractivity contribution is 5.83. The summed E-state index contributed by atoms with van der Waals surface area (Å²) in [4.78, 5) is 17.8. The Morgan fingerprint density at radius 2 is 1.39 bits per heavy atom. The maximum atomic E-state index is 13.2. The minimum absolute atomic E-state index is 0.0625. The van der Waals surface area contributed by atoms with Crippen LogP contribution in [0, 0.1) is 0 Å². The van der Waals surface area contributed by atoms with Gasteiger partial charge in [-0.2, -0.15) is 0 Å². The van der Waals surface area contributed by atoms with Gasteiger partial charge in [0.15, 0.2) is 0 Å². The predicted octanol–water partition coefficient (Wildman–Crippen LogP) is 4.23. The topological polar surface area (TPSA) is 35.6 Å². The van der Waals surface area contributed by atoms with Gasteiger partial charge >= 0.3 is 0 Å². The van der Waals surface area contributed by atoms with Gasteiger partial charge in [-0.05, 0) is 42.9 Å². The first-order valence-electron chi connectivity index (χ1n) is 10.5. The van der Waals surface area contributed by atoms with Crippen LogP contribution in [-0.4, -0.2) is 41.9 Å². The number of carbonyl (C=O) groups excluding carboxylic acids is 1. The van der Waals surface area contributed by atoms with Gasteiger partial charge in [-0.25, -0.2) is 0 Å². The summed E-state index contributed by atoms with van der Waals surface area (Å²) in [6.07, 6.45) is 0. The zero-order valence-corrected chi connectivity index (χ0v) is 17.8. The molecule has 1 N–H and O–H groups in total. The van der Waals surface area contributed by atoms with Crippen LogP contribution in [0.15, 0.2) is 54.6 Å². The van der Waals surface area contributed by atoms with Crippen molar-refractivity contribution in [2.45, 2.75) is 46.8 Å². The third-order valence-corrected chi connectivity index (χ3v) is 5.40. The monoisotopic (exact) mass is 381 g/mol. The molecule has 1 atom stereocenters. The fraction of sp³-hybridized carbons (Fsp3) is 0.458. The number of nitrogens with zero attached hydrogens (tertiary/aromatic N) is 2. The maximum absolute atomic E-state index is 13.2. The molecule has 0 saturated carbocycles. The zero-order chi connectivity index (χ0) is 20.4. The van der Waals surface area contributed by atoms with Crippen molar-refractivity contribution in [2.75, 3.05) is 26.2 Å². The largest absolute Gasteiger partial charge is 0.350 e. The van der Waals surface area contributed by atoms with Gasteiger partial charge in [-0.15, -0.1) is 0 Å². The highest BCUT2D eigenvalue weighted by Crippen LogP contribution is 2.21. The average Bonchev–Trinajstić information content (AvgIpc) is 2.75. The van der Waals surface area contributed by atoms with E-state index in [9.17, 15) is 4.79 Å². The molecule has 28 heavy (non-hydrogen) atoms. The molecule has 2 aromatic carbocycles. The second-order valence-electron chi connectivity index (χ2n) is 6.98. The number of hydrogen-bond donors (Lipinski definition) is 1. The second-order valence-corrected chi connectivity index (χ2v) is 6.98. The van der Waals surface area contributed by atoms with Crippen molar-refractivity contribution >= 4 is 5.91 Å². The van der Waals surface area contributed by atoms with Crippen LogP contribution in [0.5, 0.6) is 0 Å². The Morgan fingerprint density at radius 3 is 1.96 bits per heavy atom. The molecule has 0 heterocycles. The van der Waals surface area contributed by atoms with Gasteiger partial charge in [-0.3, -0.25) is 14.6 Å². The fourth-order valence-corrected chi connectivity index (χ4v) is 3.60. The van der Waals surface area contributed by atoms with Crippen LogP contribution in [0.2, 0.25) is 0 Å². The lowest BCUT2D eigenvalue weighted by atomic mass is 10.0. The molecule has 1 amide bonds. The van der Waals surface area contributed by atoms with E-state index in [4.69, 9.17) is 0 Å². The number of nitrogens with one attached hydrogen (secondary N) is 1. The SMILES string of the molecule is CCN(CC)Cc1ccccc1CNC(=O)C(c1ccccc1)N(CC)CC. The van der Waals surface area contributed by atoms with Crippen molar-refractivity contribution < 1.29 is 4.79 Å². The van der Waals surface area contributed by atoms with E-state index in [1.54, 1.807) is 0 Å². The molecular formula is C24H35N3O. The molecule has 0 bridgehead atoms. The Morgan fingerprint density at radius 1 is 0.821 bits per heavy atom. The molecule has 0 saturated heterocycles. The van der Waals surface area contributed by atoms with Gasteiger partial charge in [0, 0.05) is 13.1 Å². The molecule has 0 aliphatic carbocycles. The molecule has 0 spiro atoms. The third-order valence-electron chi connectivity index (χ3n) is 5.40. The Balaban J connectivity index is 2.15. The number of carbonyl (C=O) groups is 1. The van der Waals surface area contributed by atoms with Crippen molar-refractivity contribution in [3.8, 4) is 0 Å². The molecule has 0 aliphatic heterocycles. The average molecular weight is 382 g/mol. The van der Waals surface area contributed by atoms with Crippen LogP contribution >= 0.6 is 0 Å². The predicted molar refractivity (Wildman–Crippen MR) is 117 cm³/mol. The Kier molecular flexibility index (Phi) is 9.18. The van der Waals surface area contributed by atoms with Crippen LogP contribution in [0.1, 0.15) is 50.4 Å². The van der Waals surface area contributed by atoms with E-state index >= 15 is 0 Å². The number of amides is 1. The standard InChI is InChI=1S/C24H35N3O/c1-5-26(6-2)19-22-17-13-12-16-21(22)18-25-24(28)23(27(7-3)8-4)20-14-10-9-11-15-20/h9-17,23H,5-8,18-19H2,1-4H3,(H,25,28). The van der Waals surface area contributed by atoms with Crippen LogP contribution in [-0.2, 0) is 17.9 Å². The van der Waals surface area contributed by atoms with Gasteiger partial charge in [-0.1, -0.05) is 82.3 Å². The Bertz CT molecular complexity index is 709. The molecule has 2 aromatic rings. The van der Waals surface area contributed by atoms with E-state index in [0.29, 0.717) is 6.54 Å². The molecule has 4 heteroatoms. The lowest BCUT2D eigenvalue weighted by Crippen LogP contribution is -2.40. The highest BCUT2D eigenvalue weighted by Gasteiger charge is 2.25.